The second kappa shape index (κ2) is 9.98. The molecule has 170 valence electrons. The Balaban J connectivity index is 1.30. The van der Waals surface area contributed by atoms with Crippen LogP contribution in [0, 0.1) is 5.82 Å². The van der Waals surface area contributed by atoms with Gasteiger partial charge in [0, 0.05) is 11.3 Å². The molecular weight excluding hydrogens is 475 g/mol. The van der Waals surface area contributed by atoms with Gasteiger partial charge in [-0.15, -0.1) is 20.4 Å². The number of benzene rings is 2. The number of carbonyl (C=O) groups excluding carboxylic acids is 1. The molecule has 0 saturated carbocycles. The van der Waals surface area contributed by atoms with Crippen molar-refractivity contribution in [2.24, 2.45) is 0 Å². The van der Waals surface area contributed by atoms with Crippen LogP contribution in [0.2, 0.25) is 0 Å². The minimum Gasteiger partial charge on any atom is -0.467 e. The Hall–Kier alpha value is -3.83. The molecule has 0 spiro atoms. The topological polar surface area (TPSA) is 98.7 Å². The van der Waals surface area contributed by atoms with Gasteiger partial charge < -0.3 is 9.73 Å². The SMILES string of the molecule is O=C(Nc1ccc(F)cc1)c1nnc(CSc2nnc(-c3ccccc3)n2Cc2ccco2)s1. The Bertz CT molecular complexity index is 1380. The van der Waals surface area contributed by atoms with Gasteiger partial charge in [0.05, 0.1) is 18.6 Å². The average Bonchev–Trinajstić information content (AvgIpc) is 3.62. The lowest BCUT2D eigenvalue weighted by atomic mass is 10.2. The fraction of sp³-hybridized carbons (Fsp3) is 0.0870. The summed E-state index contributed by atoms with van der Waals surface area (Å²) in [5.74, 6) is 1.22. The van der Waals surface area contributed by atoms with Gasteiger partial charge in [0.25, 0.3) is 5.91 Å². The van der Waals surface area contributed by atoms with Crippen molar-refractivity contribution in [2.45, 2.75) is 17.5 Å². The molecule has 3 aromatic heterocycles. The van der Waals surface area contributed by atoms with Gasteiger partial charge in [-0.25, -0.2) is 4.39 Å². The molecule has 0 aliphatic heterocycles. The summed E-state index contributed by atoms with van der Waals surface area (Å²) < 4.78 is 20.6. The van der Waals surface area contributed by atoms with Gasteiger partial charge in [-0.3, -0.25) is 9.36 Å². The smallest absolute Gasteiger partial charge is 0.286 e. The van der Waals surface area contributed by atoms with Crippen molar-refractivity contribution in [3.63, 3.8) is 0 Å². The molecule has 0 bridgehead atoms. The lowest BCUT2D eigenvalue weighted by molar-refractivity contribution is 0.102. The number of anilines is 1. The van der Waals surface area contributed by atoms with Crippen LogP contribution in [0.5, 0.6) is 0 Å². The number of carbonyl (C=O) groups is 1. The van der Waals surface area contributed by atoms with E-state index < -0.39 is 5.91 Å². The largest absolute Gasteiger partial charge is 0.467 e. The monoisotopic (exact) mass is 492 g/mol. The Kier molecular flexibility index (Phi) is 6.45. The zero-order valence-corrected chi connectivity index (χ0v) is 19.2. The van der Waals surface area contributed by atoms with E-state index in [1.54, 1.807) is 6.26 Å². The molecular formula is C23H17FN6O2S2. The number of hydrogen-bond donors (Lipinski definition) is 1. The quantitative estimate of drug-likeness (QED) is 0.300. The van der Waals surface area contributed by atoms with Gasteiger partial charge in [0.2, 0.25) is 5.01 Å². The van der Waals surface area contributed by atoms with E-state index in [9.17, 15) is 9.18 Å². The second-order valence-corrected chi connectivity index (χ2v) is 9.09. The number of nitrogens with one attached hydrogen (secondary N) is 1. The van der Waals surface area contributed by atoms with Crippen molar-refractivity contribution in [3.8, 4) is 11.4 Å². The third-order valence-electron chi connectivity index (χ3n) is 4.73. The predicted octanol–water partition coefficient (Wildman–Crippen LogP) is 5.12. The lowest BCUT2D eigenvalue weighted by Crippen LogP contribution is -2.11. The number of nitrogens with zero attached hydrogens (tertiary/aromatic N) is 5. The maximum Gasteiger partial charge on any atom is 0.286 e. The zero-order valence-electron chi connectivity index (χ0n) is 17.6. The van der Waals surface area contributed by atoms with Crippen molar-refractivity contribution in [1.82, 2.24) is 25.0 Å². The molecule has 2 aromatic carbocycles. The van der Waals surface area contributed by atoms with Crippen molar-refractivity contribution in [3.05, 3.63) is 94.6 Å². The number of amides is 1. The molecule has 0 aliphatic rings. The van der Waals surface area contributed by atoms with Crippen LogP contribution in [0.4, 0.5) is 10.1 Å². The van der Waals surface area contributed by atoms with Crippen LogP contribution in [0.25, 0.3) is 11.4 Å². The first-order valence-corrected chi connectivity index (χ1v) is 12.0. The summed E-state index contributed by atoms with van der Waals surface area (Å²) in [5, 5.41) is 21.2. The summed E-state index contributed by atoms with van der Waals surface area (Å²) in [4.78, 5) is 12.4. The normalized spacial score (nSPS) is 11.0. The van der Waals surface area contributed by atoms with Crippen molar-refractivity contribution >= 4 is 34.7 Å². The summed E-state index contributed by atoms with van der Waals surface area (Å²) in [6.45, 7) is 0.480. The minimum absolute atomic E-state index is 0.224. The van der Waals surface area contributed by atoms with Gasteiger partial charge in [-0.2, -0.15) is 0 Å². The highest BCUT2D eigenvalue weighted by atomic mass is 32.2. The van der Waals surface area contributed by atoms with Crippen LogP contribution >= 0.6 is 23.1 Å². The molecule has 0 saturated heterocycles. The molecule has 1 N–H and O–H groups in total. The van der Waals surface area contributed by atoms with Gasteiger partial charge in [0.15, 0.2) is 11.0 Å². The molecule has 8 nitrogen and oxygen atoms in total. The Morgan fingerprint density at radius 2 is 1.82 bits per heavy atom. The first-order chi connectivity index (χ1) is 16.7. The lowest BCUT2D eigenvalue weighted by Gasteiger charge is -2.08. The van der Waals surface area contributed by atoms with Crippen molar-refractivity contribution < 1.29 is 13.6 Å². The molecule has 0 radical (unpaired) electrons. The van der Waals surface area contributed by atoms with E-state index >= 15 is 0 Å². The highest BCUT2D eigenvalue weighted by molar-refractivity contribution is 7.98. The van der Waals surface area contributed by atoms with Crippen LogP contribution in [0.15, 0.2) is 82.6 Å². The Morgan fingerprint density at radius 3 is 2.59 bits per heavy atom. The fourth-order valence-electron chi connectivity index (χ4n) is 3.14. The summed E-state index contributed by atoms with van der Waals surface area (Å²) in [6.07, 6.45) is 1.63. The van der Waals surface area contributed by atoms with Crippen LogP contribution < -0.4 is 5.32 Å². The molecule has 5 aromatic rings. The number of halogens is 1. The molecule has 3 heterocycles. The molecule has 1 amide bonds. The third-order valence-corrected chi connectivity index (χ3v) is 6.81. The molecule has 11 heteroatoms. The van der Waals surface area contributed by atoms with Gasteiger partial charge in [0.1, 0.15) is 16.6 Å². The summed E-state index contributed by atoms with van der Waals surface area (Å²) >= 11 is 2.64. The van der Waals surface area contributed by atoms with E-state index in [1.165, 1.54) is 47.4 Å². The second-order valence-electron chi connectivity index (χ2n) is 7.09. The summed E-state index contributed by atoms with van der Waals surface area (Å²) in [6, 6.07) is 19.1. The Labute approximate surface area is 201 Å². The van der Waals surface area contributed by atoms with E-state index in [0.29, 0.717) is 28.1 Å². The van der Waals surface area contributed by atoms with Gasteiger partial charge >= 0.3 is 0 Å². The van der Waals surface area contributed by atoms with Crippen LogP contribution in [-0.4, -0.2) is 30.9 Å². The van der Waals surface area contributed by atoms with Crippen LogP contribution in [-0.2, 0) is 12.3 Å². The van der Waals surface area contributed by atoms with E-state index in [1.807, 2.05) is 47.0 Å². The summed E-state index contributed by atoms with van der Waals surface area (Å²) in [7, 11) is 0. The highest BCUT2D eigenvalue weighted by Gasteiger charge is 2.18. The summed E-state index contributed by atoms with van der Waals surface area (Å²) in [5.41, 5.74) is 1.43. The van der Waals surface area contributed by atoms with Crippen LogP contribution in [0.3, 0.4) is 0 Å². The third kappa shape index (κ3) is 5.05. The van der Waals surface area contributed by atoms with E-state index in [2.05, 4.69) is 25.7 Å². The molecule has 0 atom stereocenters. The first kappa shape index (κ1) is 22.0. The van der Waals surface area contributed by atoms with Gasteiger partial charge in [-0.1, -0.05) is 53.4 Å². The number of hydrogen-bond acceptors (Lipinski definition) is 8. The molecule has 5 rings (SSSR count). The van der Waals surface area contributed by atoms with E-state index in [-0.39, 0.29) is 10.8 Å². The molecule has 0 fully saturated rings. The fourth-order valence-corrected chi connectivity index (χ4v) is 4.80. The minimum atomic E-state index is -0.396. The number of thioether (sulfide) groups is 1. The molecule has 0 aliphatic carbocycles. The average molecular weight is 493 g/mol. The highest BCUT2D eigenvalue weighted by Crippen LogP contribution is 2.28. The first-order valence-electron chi connectivity index (χ1n) is 10.2. The number of aromatic nitrogens is 5. The van der Waals surface area contributed by atoms with Gasteiger partial charge in [-0.05, 0) is 36.4 Å². The predicted molar refractivity (Wildman–Crippen MR) is 127 cm³/mol. The molecule has 0 unspecified atom stereocenters. The van der Waals surface area contributed by atoms with E-state index in [0.717, 1.165) is 17.1 Å². The van der Waals surface area contributed by atoms with E-state index in [4.69, 9.17) is 4.42 Å². The number of rotatable bonds is 8. The van der Waals surface area contributed by atoms with Crippen molar-refractivity contribution in [2.75, 3.05) is 5.32 Å². The number of furan rings is 1. The molecule has 34 heavy (non-hydrogen) atoms. The Morgan fingerprint density at radius 1 is 1.00 bits per heavy atom. The zero-order chi connectivity index (χ0) is 23.3. The van der Waals surface area contributed by atoms with Crippen molar-refractivity contribution in [1.29, 1.82) is 0 Å². The van der Waals surface area contributed by atoms with Crippen LogP contribution in [0.1, 0.15) is 20.6 Å². The standard InChI is InChI=1S/C23H17FN6O2S2/c24-16-8-10-17(11-9-16)25-21(31)22-28-26-19(34-22)14-33-23-29-27-20(15-5-2-1-3-6-15)30(23)13-18-7-4-12-32-18/h1-12H,13-14H2,(H,25,31). The maximum atomic E-state index is 13.1. The maximum absolute atomic E-state index is 13.1.